The van der Waals surface area contributed by atoms with Crippen molar-refractivity contribution in [1.82, 2.24) is 14.7 Å². The molecule has 1 saturated heterocycles. The standard InChI is InChI=1S/C15H16ClN3O2S/c16-14-11(19-7-2-1-3-12(19)18-14)4-5-13(20)17-9-15(21)6-8-22-10-15/h1-5,7,21H,6,8-10H2,(H,17,20). The fourth-order valence-electron chi connectivity index (χ4n) is 2.34. The van der Waals surface area contributed by atoms with E-state index in [2.05, 4.69) is 10.3 Å². The first-order valence-corrected chi connectivity index (χ1v) is 8.49. The maximum Gasteiger partial charge on any atom is 0.244 e. The second-order valence-electron chi connectivity index (χ2n) is 5.29. The van der Waals surface area contributed by atoms with Gasteiger partial charge in [-0.05, 0) is 30.4 Å². The van der Waals surface area contributed by atoms with Gasteiger partial charge in [-0.3, -0.25) is 9.20 Å². The Morgan fingerprint density at radius 2 is 2.45 bits per heavy atom. The molecule has 22 heavy (non-hydrogen) atoms. The monoisotopic (exact) mass is 337 g/mol. The number of nitrogens with zero attached hydrogens (tertiary/aromatic N) is 2. The van der Waals surface area contributed by atoms with Gasteiger partial charge in [-0.1, -0.05) is 17.7 Å². The quantitative estimate of drug-likeness (QED) is 0.837. The fraction of sp³-hybridized carbons (Fsp3) is 0.333. The first-order valence-electron chi connectivity index (χ1n) is 6.96. The molecule has 5 nitrogen and oxygen atoms in total. The van der Waals surface area contributed by atoms with Gasteiger partial charge >= 0.3 is 0 Å². The van der Waals surface area contributed by atoms with Gasteiger partial charge in [-0.2, -0.15) is 11.8 Å². The van der Waals surface area contributed by atoms with Crippen molar-refractivity contribution in [2.24, 2.45) is 0 Å². The largest absolute Gasteiger partial charge is 0.387 e. The van der Waals surface area contributed by atoms with E-state index in [1.54, 1.807) is 17.8 Å². The normalized spacial score (nSPS) is 21.7. The van der Waals surface area contributed by atoms with E-state index in [0.29, 0.717) is 23.0 Å². The summed E-state index contributed by atoms with van der Waals surface area (Å²) in [5, 5.41) is 13.3. The third kappa shape index (κ3) is 3.29. The van der Waals surface area contributed by atoms with Crippen LogP contribution in [-0.4, -0.2) is 44.0 Å². The van der Waals surface area contributed by atoms with Crippen LogP contribution < -0.4 is 5.32 Å². The average Bonchev–Trinajstić information content (AvgIpc) is 3.07. The van der Waals surface area contributed by atoms with Crippen molar-refractivity contribution >= 4 is 41.0 Å². The molecule has 2 aromatic heterocycles. The van der Waals surface area contributed by atoms with Crippen LogP contribution in [0.2, 0.25) is 5.15 Å². The maximum atomic E-state index is 11.9. The van der Waals surface area contributed by atoms with Gasteiger partial charge in [0, 0.05) is 24.6 Å². The van der Waals surface area contributed by atoms with E-state index in [1.807, 2.05) is 28.8 Å². The molecule has 1 unspecified atom stereocenters. The van der Waals surface area contributed by atoms with Crippen molar-refractivity contribution in [2.75, 3.05) is 18.1 Å². The molecule has 7 heteroatoms. The molecule has 0 aliphatic carbocycles. The Labute approximate surface area is 137 Å². The van der Waals surface area contributed by atoms with E-state index in [-0.39, 0.29) is 12.5 Å². The van der Waals surface area contributed by atoms with Crippen LogP contribution in [-0.2, 0) is 4.79 Å². The Morgan fingerprint density at radius 3 is 3.23 bits per heavy atom. The molecular formula is C15H16ClN3O2S. The Morgan fingerprint density at radius 1 is 1.59 bits per heavy atom. The van der Waals surface area contributed by atoms with Crippen LogP contribution in [0.1, 0.15) is 12.1 Å². The van der Waals surface area contributed by atoms with Crippen LogP contribution in [0.5, 0.6) is 0 Å². The molecule has 0 aromatic carbocycles. The molecule has 0 bridgehead atoms. The third-order valence-electron chi connectivity index (χ3n) is 3.59. The lowest BCUT2D eigenvalue weighted by molar-refractivity contribution is -0.117. The molecule has 2 aromatic rings. The van der Waals surface area contributed by atoms with Crippen molar-refractivity contribution in [1.29, 1.82) is 0 Å². The van der Waals surface area contributed by atoms with Crippen LogP contribution in [0.25, 0.3) is 11.7 Å². The zero-order valence-corrected chi connectivity index (χ0v) is 13.4. The predicted octanol–water partition coefficient (Wildman–Crippen LogP) is 1.99. The van der Waals surface area contributed by atoms with E-state index in [9.17, 15) is 9.90 Å². The summed E-state index contributed by atoms with van der Waals surface area (Å²) in [7, 11) is 0. The molecule has 3 rings (SSSR count). The third-order valence-corrected chi connectivity index (χ3v) is 5.10. The molecule has 1 fully saturated rings. The maximum absolute atomic E-state index is 11.9. The Kier molecular flexibility index (Phi) is 4.42. The van der Waals surface area contributed by atoms with Gasteiger partial charge in [-0.15, -0.1) is 0 Å². The highest BCUT2D eigenvalue weighted by Gasteiger charge is 2.31. The van der Waals surface area contributed by atoms with Crippen LogP contribution >= 0.6 is 23.4 Å². The number of carbonyl (C=O) groups excluding carboxylic acids is 1. The number of thioether (sulfide) groups is 1. The molecule has 116 valence electrons. The molecule has 1 atom stereocenters. The van der Waals surface area contributed by atoms with Gasteiger partial charge in [0.2, 0.25) is 5.91 Å². The lowest BCUT2D eigenvalue weighted by Crippen LogP contribution is -2.42. The Hall–Kier alpha value is -1.50. The molecule has 0 saturated carbocycles. The molecule has 0 radical (unpaired) electrons. The van der Waals surface area contributed by atoms with Crippen molar-refractivity contribution in [3.05, 3.63) is 41.3 Å². The minimum absolute atomic E-state index is 0.257. The highest BCUT2D eigenvalue weighted by Crippen LogP contribution is 2.27. The first-order chi connectivity index (χ1) is 10.6. The van der Waals surface area contributed by atoms with Crippen LogP contribution in [0.4, 0.5) is 0 Å². The van der Waals surface area contributed by atoms with Gasteiger partial charge in [0.1, 0.15) is 5.65 Å². The van der Waals surface area contributed by atoms with Gasteiger partial charge in [0.25, 0.3) is 0 Å². The summed E-state index contributed by atoms with van der Waals surface area (Å²) in [6.07, 6.45) is 5.59. The first kappa shape index (κ1) is 15.4. The zero-order chi connectivity index (χ0) is 15.6. The van der Waals surface area contributed by atoms with E-state index >= 15 is 0 Å². The van der Waals surface area contributed by atoms with Gasteiger partial charge in [0.15, 0.2) is 5.15 Å². The van der Waals surface area contributed by atoms with Gasteiger partial charge in [-0.25, -0.2) is 4.98 Å². The lowest BCUT2D eigenvalue weighted by atomic mass is 10.0. The second kappa shape index (κ2) is 6.32. The molecule has 2 N–H and O–H groups in total. The van der Waals surface area contributed by atoms with Crippen molar-refractivity contribution in [3.63, 3.8) is 0 Å². The van der Waals surface area contributed by atoms with Crippen LogP contribution in [0.15, 0.2) is 30.5 Å². The number of aliphatic hydroxyl groups is 1. The number of fused-ring (bicyclic) bond motifs is 1. The summed E-state index contributed by atoms with van der Waals surface area (Å²) in [4.78, 5) is 16.1. The number of aromatic nitrogens is 2. The van der Waals surface area contributed by atoms with Crippen molar-refractivity contribution in [2.45, 2.75) is 12.0 Å². The summed E-state index contributed by atoms with van der Waals surface area (Å²) in [6, 6.07) is 5.59. The number of rotatable bonds is 4. The molecule has 1 amide bonds. The van der Waals surface area contributed by atoms with E-state index in [0.717, 1.165) is 11.4 Å². The summed E-state index contributed by atoms with van der Waals surface area (Å²) in [5.74, 6) is 1.34. The fourth-order valence-corrected chi connectivity index (χ4v) is 3.87. The molecular weight excluding hydrogens is 322 g/mol. The minimum atomic E-state index is -0.783. The summed E-state index contributed by atoms with van der Waals surface area (Å²) < 4.78 is 1.81. The van der Waals surface area contributed by atoms with Crippen LogP contribution in [0.3, 0.4) is 0 Å². The number of amides is 1. The number of pyridine rings is 1. The smallest absolute Gasteiger partial charge is 0.244 e. The van der Waals surface area contributed by atoms with Crippen molar-refractivity contribution < 1.29 is 9.90 Å². The summed E-state index contributed by atoms with van der Waals surface area (Å²) in [5.41, 5.74) is 0.599. The van der Waals surface area contributed by atoms with Gasteiger partial charge < -0.3 is 10.4 Å². The number of hydrogen-bond donors (Lipinski definition) is 2. The molecule has 1 aliphatic heterocycles. The van der Waals surface area contributed by atoms with E-state index < -0.39 is 5.60 Å². The summed E-state index contributed by atoms with van der Waals surface area (Å²) >= 11 is 7.80. The molecule has 1 aliphatic rings. The topological polar surface area (TPSA) is 66.6 Å². The SMILES string of the molecule is O=C(C=Cc1c(Cl)nc2ccccn12)NCC1(O)CCSC1. The average molecular weight is 338 g/mol. The highest BCUT2D eigenvalue weighted by molar-refractivity contribution is 7.99. The molecule has 0 spiro atoms. The molecule has 3 heterocycles. The number of imidazole rings is 1. The lowest BCUT2D eigenvalue weighted by Gasteiger charge is -2.20. The minimum Gasteiger partial charge on any atom is -0.387 e. The number of hydrogen-bond acceptors (Lipinski definition) is 4. The van der Waals surface area contributed by atoms with Gasteiger partial charge in [0.05, 0.1) is 11.3 Å². The zero-order valence-electron chi connectivity index (χ0n) is 11.8. The number of halogens is 1. The highest BCUT2D eigenvalue weighted by atomic mass is 35.5. The number of carbonyl (C=O) groups is 1. The Balaban J connectivity index is 1.67. The predicted molar refractivity (Wildman–Crippen MR) is 89.1 cm³/mol. The van der Waals surface area contributed by atoms with E-state index in [4.69, 9.17) is 11.6 Å². The Bertz CT molecular complexity index is 723. The van der Waals surface area contributed by atoms with E-state index in [1.165, 1.54) is 6.08 Å². The van der Waals surface area contributed by atoms with Crippen LogP contribution in [0, 0.1) is 0 Å². The number of nitrogens with one attached hydrogen (secondary N) is 1. The second-order valence-corrected chi connectivity index (χ2v) is 6.76. The van der Waals surface area contributed by atoms with Crippen molar-refractivity contribution in [3.8, 4) is 0 Å². The summed E-state index contributed by atoms with van der Waals surface area (Å²) in [6.45, 7) is 0.268.